The molecule has 120 valence electrons. The Labute approximate surface area is 132 Å². The number of thiazole rings is 1. The number of hydrogen-bond acceptors (Lipinski definition) is 5. The molecule has 4 nitrogen and oxygen atoms in total. The van der Waals surface area contributed by atoms with Crippen LogP contribution in [0.2, 0.25) is 0 Å². The fourth-order valence-corrected chi connectivity index (χ4v) is 3.83. The highest BCUT2D eigenvalue weighted by molar-refractivity contribution is 7.15. The van der Waals surface area contributed by atoms with Crippen LogP contribution in [-0.4, -0.2) is 36.8 Å². The third-order valence-electron chi connectivity index (χ3n) is 3.67. The van der Waals surface area contributed by atoms with Crippen LogP contribution in [0.5, 0.6) is 0 Å². The molecule has 5 heteroatoms. The van der Waals surface area contributed by atoms with E-state index in [0.29, 0.717) is 5.92 Å². The highest BCUT2D eigenvalue weighted by Gasteiger charge is 2.29. The number of morpholine rings is 1. The van der Waals surface area contributed by atoms with Crippen molar-refractivity contribution in [2.75, 3.05) is 31.1 Å². The van der Waals surface area contributed by atoms with Crippen molar-refractivity contribution in [2.24, 2.45) is 0 Å². The molecule has 0 aromatic carbocycles. The van der Waals surface area contributed by atoms with Gasteiger partial charge in [-0.25, -0.2) is 4.98 Å². The van der Waals surface area contributed by atoms with Crippen LogP contribution in [0, 0.1) is 0 Å². The van der Waals surface area contributed by atoms with Gasteiger partial charge in [0.05, 0.1) is 17.9 Å². The summed E-state index contributed by atoms with van der Waals surface area (Å²) in [5.74, 6) is 0.475. The molecule has 21 heavy (non-hydrogen) atoms. The molecule has 1 aliphatic heterocycles. The minimum Gasteiger partial charge on any atom is -0.372 e. The third-order valence-corrected chi connectivity index (χ3v) is 4.80. The summed E-state index contributed by atoms with van der Waals surface area (Å²) in [5.41, 5.74) is 1.17. The summed E-state index contributed by atoms with van der Waals surface area (Å²) in [6.07, 6.45) is 1.17. The van der Waals surface area contributed by atoms with E-state index in [9.17, 15) is 0 Å². The van der Waals surface area contributed by atoms with E-state index in [1.807, 2.05) is 11.3 Å². The van der Waals surface area contributed by atoms with Gasteiger partial charge in [-0.1, -0.05) is 20.8 Å². The van der Waals surface area contributed by atoms with E-state index in [4.69, 9.17) is 9.72 Å². The number of rotatable bonds is 6. The predicted octanol–water partition coefficient (Wildman–Crippen LogP) is 3.38. The number of anilines is 1. The fourth-order valence-electron chi connectivity index (χ4n) is 2.62. The molecule has 1 aromatic rings. The van der Waals surface area contributed by atoms with Gasteiger partial charge in [-0.3, -0.25) is 0 Å². The highest BCUT2D eigenvalue weighted by Crippen LogP contribution is 2.32. The molecule has 1 saturated heterocycles. The predicted molar refractivity (Wildman–Crippen MR) is 90.4 cm³/mol. The minimum atomic E-state index is -0.0808. The van der Waals surface area contributed by atoms with Gasteiger partial charge in [0.15, 0.2) is 5.13 Å². The number of ether oxygens (including phenoxy) is 1. The monoisotopic (exact) mass is 311 g/mol. The maximum atomic E-state index is 5.80. The number of nitrogens with one attached hydrogen (secondary N) is 1. The van der Waals surface area contributed by atoms with Crippen molar-refractivity contribution in [1.82, 2.24) is 10.3 Å². The first-order chi connectivity index (χ1) is 9.93. The van der Waals surface area contributed by atoms with Crippen LogP contribution in [0.1, 0.15) is 57.5 Å². The summed E-state index contributed by atoms with van der Waals surface area (Å²) < 4.78 is 5.80. The molecule has 0 spiro atoms. The van der Waals surface area contributed by atoms with Crippen LogP contribution in [0.25, 0.3) is 0 Å². The van der Waals surface area contributed by atoms with Crippen LogP contribution >= 0.6 is 11.3 Å². The molecular formula is C16H29N3OS. The summed E-state index contributed by atoms with van der Waals surface area (Å²) in [5, 5.41) is 4.66. The summed E-state index contributed by atoms with van der Waals surface area (Å²) in [4.78, 5) is 8.69. The average molecular weight is 311 g/mol. The Bertz CT molecular complexity index is 456. The van der Waals surface area contributed by atoms with Crippen molar-refractivity contribution in [3.05, 3.63) is 10.6 Å². The molecule has 2 heterocycles. The maximum Gasteiger partial charge on any atom is 0.186 e. The summed E-state index contributed by atoms with van der Waals surface area (Å²) in [6, 6.07) is 0. The van der Waals surface area contributed by atoms with Crippen LogP contribution in [0.4, 0.5) is 5.13 Å². The zero-order chi connectivity index (χ0) is 15.5. The lowest BCUT2D eigenvalue weighted by molar-refractivity contribution is -0.0277. The summed E-state index contributed by atoms with van der Waals surface area (Å²) in [7, 11) is 0. The number of hydrogen-bond donors (Lipinski definition) is 1. The zero-order valence-electron chi connectivity index (χ0n) is 14.0. The van der Waals surface area contributed by atoms with Crippen molar-refractivity contribution >= 4 is 16.5 Å². The smallest absolute Gasteiger partial charge is 0.186 e. The Balaban J connectivity index is 2.14. The minimum absolute atomic E-state index is 0.0808. The van der Waals surface area contributed by atoms with E-state index in [1.165, 1.54) is 17.0 Å². The standard InChI is InChI=1S/C16H29N3OS/c1-6-7-17-10-13-14(12(2)3)18-15(21-13)19-8-9-20-16(4,5)11-19/h12,17H,6-11H2,1-5H3. The highest BCUT2D eigenvalue weighted by atomic mass is 32.1. The van der Waals surface area contributed by atoms with Crippen LogP contribution in [-0.2, 0) is 11.3 Å². The molecule has 2 rings (SSSR count). The van der Waals surface area contributed by atoms with Gasteiger partial charge in [0.2, 0.25) is 0 Å². The van der Waals surface area contributed by atoms with Gasteiger partial charge in [0.1, 0.15) is 0 Å². The Morgan fingerprint density at radius 1 is 1.43 bits per heavy atom. The quantitative estimate of drug-likeness (QED) is 0.817. The fraction of sp³-hybridized carbons (Fsp3) is 0.812. The van der Waals surface area contributed by atoms with Crippen LogP contribution in [0.15, 0.2) is 0 Å². The van der Waals surface area contributed by atoms with Crippen molar-refractivity contribution < 1.29 is 4.74 Å². The molecule has 0 aliphatic carbocycles. The Morgan fingerprint density at radius 2 is 2.19 bits per heavy atom. The second-order valence-corrected chi connectivity index (χ2v) is 7.73. The zero-order valence-corrected chi connectivity index (χ0v) is 14.8. The molecule has 0 radical (unpaired) electrons. The van der Waals surface area contributed by atoms with Gasteiger partial charge < -0.3 is 15.0 Å². The van der Waals surface area contributed by atoms with Gasteiger partial charge >= 0.3 is 0 Å². The molecule has 1 N–H and O–H groups in total. The summed E-state index contributed by atoms with van der Waals surface area (Å²) in [6.45, 7) is 15.6. The molecule has 1 fully saturated rings. The molecule has 0 unspecified atom stereocenters. The Kier molecular flexibility index (Phi) is 5.63. The number of nitrogens with zero attached hydrogens (tertiary/aromatic N) is 2. The molecular weight excluding hydrogens is 282 g/mol. The van der Waals surface area contributed by atoms with Gasteiger partial charge in [-0.2, -0.15) is 0 Å². The van der Waals surface area contributed by atoms with Crippen molar-refractivity contribution in [3.63, 3.8) is 0 Å². The molecule has 1 aromatic heterocycles. The van der Waals surface area contributed by atoms with Crippen LogP contribution < -0.4 is 10.2 Å². The van der Waals surface area contributed by atoms with E-state index < -0.39 is 0 Å². The van der Waals surface area contributed by atoms with E-state index in [0.717, 1.165) is 37.9 Å². The van der Waals surface area contributed by atoms with E-state index in [1.54, 1.807) is 0 Å². The van der Waals surface area contributed by atoms with Gasteiger partial charge in [-0.15, -0.1) is 11.3 Å². The Hall–Kier alpha value is -0.650. The van der Waals surface area contributed by atoms with Crippen molar-refractivity contribution in [3.8, 4) is 0 Å². The van der Waals surface area contributed by atoms with Gasteiger partial charge in [0.25, 0.3) is 0 Å². The normalized spacial score (nSPS) is 18.5. The Morgan fingerprint density at radius 3 is 2.81 bits per heavy atom. The first-order valence-corrected chi connectivity index (χ1v) is 8.84. The lowest BCUT2D eigenvalue weighted by Crippen LogP contribution is -2.48. The number of aromatic nitrogens is 1. The SMILES string of the molecule is CCCNCc1sc(N2CCOC(C)(C)C2)nc1C(C)C. The molecule has 1 aliphatic rings. The van der Waals surface area contributed by atoms with Crippen molar-refractivity contribution in [1.29, 1.82) is 0 Å². The lowest BCUT2D eigenvalue weighted by Gasteiger charge is -2.38. The molecule has 0 saturated carbocycles. The van der Waals surface area contributed by atoms with Gasteiger partial charge in [-0.05, 0) is 32.7 Å². The first kappa shape index (κ1) is 16.7. The van der Waals surface area contributed by atoms with Crippen molar-refractivity contribution in [2.45, 2.75) is 59.1 Å². The van der Waals surface area contributed by atoms with E-state index in [-0.39, 0.29) is 5.60 Å². The largest absolute Gasteiger partial charge is 0.372 e. The molecule has 0 atom stereocenters. The average Bonchev–Trinajstić information content (AvgIpc) is 2.82. The topological polar surface area (TPSA) is 37.4 Å². The lowest BCUT2D eigenvalue weighted by atomic mass is 10.1. The third kappa shape index (κ3) is 4.41. The first-order valence-electron chi connectivity index (χ1n) is 8.02. The van der Waals surface area contributed by atoms with E-state index >= 15 is 0 Å². The second-order valence-electron chi connectivity index (χ2n) is 6.67. The maximum absolute atomic E-state index is 5.80. The summed E-state index contributed by atoms with van der Waals surface area (Å²) >= 11 is 1.84. The van der Waals surface area contributed by atoms with E-state index in [2.05, 4.69) is 44.8 Å². The second kappa shape index (κ2) is 7.07. The van der Waals surface area contributed by atoms with Gasteiger partial charge in [0, 0.05) is 24.5 Å². The molecule has 0 amide bonds. The molecule has 0 bridgehead atoms. The van der Waals surface area contributed by atoms with Crippen LogP contribution in [0.3, 0.4) is 0 Å².